The largest absolute Gasteiger partial charge is 0.337 e. The second-order valence-electron chi connectivity index (χ2n) is 5.06. The summed E-state index contributed by atoms with van der Waals surface area (Å²) in [5, 5.41) is 0. The molecule has 1 aliphatic heterocycles. The molecule has 0 aliphatic carbocycles. The molecule has 1 aliphatic rings. The SMILES string of the molecule is NCC1CCCCN1c1nccc(-c2cc(Cl)sc2Cl)n1. The van der Waals surface area contributed by atoms with Crippen molar-refractivity contribution in [1.82, 2.24) is 9.97 Å². The molecule has 7 heteroatoms. The quantitative estimate of drug-likeness (QED) is 0.920. The molecule has 21 heavy (non-hydrogen) atoms. The number of nitrogens with zero attached hydrogens (tertiary/aromatic N) is 3. The van der Waals surface area contributed by atoms with Crippen LogP contribution in [0.3, 0.4) is 0 Å². The fraction of sp³-hybridized carbons (Fsp3) is 0.429. The first kappa shape index (κ1) is 15.0. The minimum absolute atomic E-state index is 0.315. The minimum atomic E-state index is 0.315. The van der Waals surface area contributed by atoms with Crippen molar-refractivity contribution in [3.05, 3.63) is 27.0 Å². The molecule has 0 amide bonds. The lowest BCUT2D eigenvalue weighted by Crippen LogP contribution is -2.45. The van der Waals surface area contributed by atoms with Gasteiger partial charge in [-0.25, -0.2) is 9.97 Å². The van der Waals surface area contributed by atoms with E-state index in [0.29, 0.717) is 21.3 Å². The summed E-state index contributed by atoms with van der Waals surface area (Å²) < 4.78 is 1.31. The minimum Gasteiger partial charge on any atom is -0.337 e. The van der Waals surface area contributed by atoms with Crippen molar-refractivity contribution < 1.29 is 0 Å². The van der Waals surface area contributed by atoms with Gasteiger partial charge in [0.15, 0.2) is 0 Å². The molecule has 2 N–H and O–H groups in total. The van der Waals surface area contributed by atoms with Gasteiger partial charge in [-0.1, -0.05) is 23.2 Å². The number of nitrogens with two attached hydrogens (primary N) is 1. The molecule has 4 nitrogen and oxygen atoms in total. The van der Waals surface area contributed by atoms with Gasteiger partial charge in [-0.3, -0.25) is 0 Å². The highest BCUT2D eigenvalue weighted by Gasteiger charge is 2.23. The topological polar surface area (TPSA) is 55.0 Å². The van der Waals surface area contributed by atoms with E-state index in [9.17, 15) is 0 Å². The maximum atomic E-state index is 6.21. The zero-order chi connectivity index (χ0) is 14.8. The van der Waals surface area contributed by atoms with Gasteiger partial charge in [0, 0.05) is 30.9 Å². The van der Waals surface area contributed by atoms with E-state index in [1.54, 1.807) is 6.20 Å². The van der Waals surface area contributed by atoms with Gasteiger partial charge in [-0.05, 0) is 31.4 Å². The van der Waals surface area contributed by atoms with Crippen molar-refractivity contribution in [1.29, 1.82) is 0 Å². The molecule has 2 aromatic rings. The summed E-state index contributed by atoms with van der Waals surface area (Å²) in [6, 6.07) is 4.02. The lowest BCUT2D eigenvalue weighted by atomic mass is 10.0. The van der Waals surface area contributed by atoms with Crippen LogP contribution in [0, 0.1) is 0 Å². The van der Waals surface area contributed by atoms with Gasteiger partial charge in [0.1, 0.15) is 4.34 Å². The van der Waals surface area contributed by atoms with Crippen molar-refractivity contribution in [2.24, 2.45) is 5.73 Å². The number of hydrogen-bond donors (Lipinski definition) is 1. The molecule has 1 unspecified atom stereocenters. The van der Waals surface area contributed by atoms with Crippen molar-refractivity contribution >= 4 is 40.5 Å². The number of aromatic nitrogens is 2. The van der Waals surface area contributed by atoms with Gasteiger partial charge in [-0.15, -0.1) is 11.3 Å². The van der Waals surface area contributed by atoms with Gasteiger partial charge in [0.05, 0.1) is 10.0 Å². The van der Waals surface area contributed by atoms with Crippen LogP contribution >= 0.6 is 34.5 Å². The van der Waals surface area contributed by atoms with Gasteiger partial charge < -0.3 is 10.6 Å². The number of rotatable bonds is 3. The molecule has 1 atom stereocenters. The van der Waals surface area contributed by atoms with Crippen molar-refractivity contribution in [2.45, 2.75) is 25.3 Å². The molecule has 1 fully saturated rings. The van der Waals surface area contributed by atoms with Crippen LogP contribution in [0.25, 0.3) is 11.3 Å². The highest BCUT2D eigenvalue weighted by molar-refractivity contribution is 7.20. The van der Waals surface area contributed by atoms with Gasteiger partial charge in [0.25, 0.3) is 0 Å². The van der Waals surface area contributed by atoms with Gasteiger partial charge in [0.2, 0.25) is 5.95 Å². The molecule has 0 radical (unpaired) electrons. The average molecular weight is 343 g/mol. The Morgan fingerprint density at radius 3 is 2.95 bits per heavy atom. The second kappa shape index (κ2) is 6.48. The molecule has 112 valence electrons. The van der Waals surface area contributed by atoms with Crippen LogP contribution in [0.15, 0.2) is 18.3 Å². The third-order valence-electron chi connectivity index (χ3n) is 3.73. The van der Waals surface area contributed by atoms with E-state index in [4.69, 9.17) is 28.9 Å². The Kier molecular flexibility index (Phi) is 4.64. The number of halogens is 2. The summed E-state index contributed by atoms with van der Waals surface area (Å²) in [5.41, 5.74) is 7.53. The van der Waals surface area contributed by atoms with Crippen LogP contribution < -0.4 is 10.6 Å². The highest BCUT2D eigenvalue weighted by atomic mass is 35.5. The van der Waals surface area contributed by atoms with Gasteiger partial charge >= 0.3 is 0 Å². The van der Waals surface area contributed by atoms with E-state index in [1.807, 2.05) is 12.1 Å². The van der Waals surface area contributed by atoms with E-state index in [-0.39, 0.29) is 0 Å². The predicted octanol–water partition coefficient (Wildman–Crippen LogP) is 3.83. The Morgan fingerprint density at radius 1 is 1.38 bits per heavy atom. The van der Waals surface area contributed by atoms with E-state index in [0.717, 1.165) is 36.6 Å². The van der Waals surface area contributed by atoms with E-state index in [2.05, 4.69) is 14.9 Å². The summed E-state index contributed by atoms with van der Waals surface area (Å²) >= 11 is 13.6. The van der Waals surface area contributed by atoms with Crippen LogP contribution in [0.4, 0.5) is 5.95 Å². The molecule has 1 saturated heterocycles. The average Bonchev–Trinajstić information content (AvgIpc) is 2.86. The number of anilines is 1. The molecule has 2 aromatic heterocycles. The highest BCUT2D eigenvalue weighted by Crippen LogP contribution is 2.37. The molecule has 3 heterocycles. The third kappa shape index (κ3) is 3.16. The monoisotopic (exact) mass is 342 g/mol. The van der Waals surface area contributed by atoms with E-state index >= 15 is 0 Å². The molecule has 3 rings (SSSR count). The van der Waals surface area contributed by atoms with Crippen molar-refractivity contribution in [3.8, 4) is 11.3 Å². The Balaban J connectivity index is 1.94. The molecule has 0 saturated carbocycles. The van der Waals surface area contributed by atoms with Crippen LogP contribution in [0.1, 0.15) is 19.3 Å². The van der Waals surface area contributed by atoms with Crippen LogP contribution in [0.5, 0.6) is 0 Å². The standard InChI is InChI=1S/C14H16Cl2N4S/c15-12-7-10(13(16)21-12)11-4-5-18-14(19-11)20-6-2-1-3-9(20)8-17/h4-5,7,9H,1-3,6,8,17H2. The Hall–Kier alpha value is -0.880. The van der Waals surface area contributed by atoms with Crippen molar-refractivity contribution in [3.63, 3.8) is 0 Å². The summed E-state index contributed by atoms with van der Waals surface area (Å²) in [5.74, 6) is 0.723. The first-order valence-electron chi connectivity index (χ1n) is 6.94. The molecular formula is C14H16Cl2N4S. The van der Waals surface area contributed by atoms with Crippen LogP contribution in [-0.2, 0) is 0 Å². The fourth-order valence-corrected chi connectivity index (χ4v) is 4.14. The molecule has 0 spiro atoms. The molecule has 0 bridgehead atoms. The fourth-order valence-electron chi connectivity index (χ4n) is 2.66. The number of hydrogen-bond acceptors (Lipinski definition) is 5. The smallest absolute Gasteiger partial charge is 0.226 e. The summed E-state index contributed by atoms with van der Waals surface area (Å²) in [6.45, 7) is 1.57. The summed E-state index contributed by atoms with van der Waals surface area (Å²) in [4.78, 5) is 11.3. The van der Waals surface area contributed by atoms with Crippen molar-refractivity contribution in [2.75, 3.05) is 18.0 Å². The first-order valence-corrected chi connectivity index (χ1v) is 8.51. The molecular weight excluding hydrogens is 327 g/mol. The Labute approximate surface area is 137 Å². The Morgan fingerprint density at radius 2 is 2.24 bits per heavy atom. The van der Waals surface area contributed by atoms with Gasteiger partial charge in [-0.2, -0.15) is 0 Å². The zero-order valence-corrected chi connectivity index (χ0v) is 13.8. The number of piperidine rings is 1. The Bertz CT molecular complexity index is 631. The molecule has 0 aromatic carbocycles. The maximum Gasteiger partial charge on any atom is 0.226 e. The number of thiophene rings is 1. The second-order valence-corrected chi connectivity index (χ2v) is 7.34. The third-order valence-corrected chi connectivity index (χ3v) is 5.22. The summed E-state index contributed by atoms with van der Waals surface area (Å²) in [6.07, 6.45) is 5.22. The normalized spacial score (nSPS) is 19.0. The lowest BCUT2D eigenvalue weighted by molar-refractivity contribution is 0.458. The van der Waals surface area contributed by atoms with Crippen LogP contribution in [0.2, 0.25) is 8.67 Å². The van der Waals surface area contributed by atoms with E-state index < -0.39 is 0 Å². The maximum absolute atomic E-state index is 6.21. The van der Waals surface area contributed by atoms with Crippen LogP contribution in [-0.4, -0.2) is 29.1 Å². The zero-order valence-electron chi connectivity index (χ0n) is 11.4. The lowest BCUT2D eigenvalue weighted by Gasteiger charge is -2.35. The summed E-state index contributed by atoms with van der Waals surface area (Å²) in [7, 11) is 0. The predicted molar refractivity (Wildman–Crippen MR) is 89.4 cm³/mol. The first-order chi connectivity index (χ1) is 10.2. The van der Waals surface area contributed by atoms with E-state index in [1.165, 1.54) is 17.8 Å².